The van der Waals surface area contributed by atoms with Crippen LogP contribution in [0.4, 0.5) is 5.69 Å². The maximum Gasteiger partial charge on any atom is 0.268 e. The first kappa shape index (κ1) is 16.2. The molecular weight excluding hydrogens is 302 g/mol. The van der Waals surface area contributed by atoms with E-state index in [9.17, 15) is 9.59 Å². The molecule has 0 fully saturated rings. The molecule has 0 saturated carbocycles. The van der Waals surface area contributed by atoms with Crippen molar-refractivity contribution in [2.45, 2.75) is 39.3 Å². The molecule has 0 aromatic heterocycles. The van der Waals surface area contributed by atoms with Crippen molar-refractivity contribution in [2.75, 3.05) is 4.90 Å². The Bertz CT molecular complexity index is 765. The summed E-state index contributed by atoms with van der Waals surface area (Å²) in [5, 5.41) is 0. The van der Waals surface area contributed by atoms with E-state index in [0.717, 1.165) is 11.8 Å². The Morgan fingerprint density at radius 2 is 1.88 bits per heavy atom. The fourth-order valence-corrected chi connectivity index (χ4v) is 2.85. The lowest BCUT2D eigenvalue weighted by molar-refractivity contribution is -0.125. The van der Waals surface area contributed by atoms with Crippen molar-refractivity contribution in [2.24, 2.45) is 0 Å². The number of nitrogens with zero attached hydrogens (tertiary/aromatic N) is 1. The topological polar surface area (TPSA) is 46.6 Å². The van der Waals surface area contributed by atoms with Crippen LogP contribution in [0.25, 0.3) is 0 Å². The molecule has 3 rings (SSSR count). The Morgan fingerprint density at radius 1 is 1.17 bits per heavy atom. The number of ether oxygens (including phenoxy) is 1. The number of aldehydes is 1. The highest BCUT2D eigenvalue weighted by molar-refractivity contribution is 6.00. The van der Waals surface area contributed by atoms with Gasteiger partial charge in [-0.15, -0.1) is 0 Å². The molecule has 1 atom stereocenters. The fraction of sp³-hybridized carbons (Fsp3) is 0.300. The standard InChI is InChI=1S/C20H21NO3/c1-13(2)17-7-4-15(5-8-17)11-21-18-10-16(12-22)6-9-19(18)24-14(3)20(21)23/h4-10,12-14H,11H2,1-3H3. The molecule has 4 nitrogen and oxygen atoms in total. The minimum Gasteiger partial charge on any atom is -0.479 e. The van der Waals surface area contributed by atoms with Crippen molar-refractivity contribution in [3.05, 3.63) is 59.2 Å². The number of carbonyl (C=O) groups excluding carboxylic acids is 2. The van der Waals surface area contributed by atoms with Gasteiger partial charge in [0.2, 0.25) is 0 Å². The van der Waals surface area contributed by atoms with Crippen LogP contribution in [0, 0.1) is 0 Å². The number of carbonyl (C=O) groups is 2. The largest absolute Gasteiger partial charge is 0.479 e. The molecule has 0 radical (unpaired) electrons. The third kappa shape index (κ3) is 3.04. The molecular formula is C20H21NO3. The highest BCUT2D eigenvalue weighted by atomic mass is 16.5. The van der Waals surface area contributed by atoms with Crippen LogP contribution in [0.5, 0.6) is 5.75 Å². The summed E-state index contributed by atoms with van der Waals surface area (Å²) in [7, 11) is 0. The Labute approximate surface area is 142 Å². The first-order valence-electron chi connectivity index (χ1n) is 8.15. The molecule has 1 amide bonds. The van der Waals surface area contributed by atoms with Gasteiger partial charge < -0.3 is 9.64 Å². The minimum atomic E-state index is -0.533. The number of anilines is 1. The van der Waals surface area contributed by atoms with Crippen LogP contribution in [0.2, 0.25) is 0 Å². The molecule has 24 heavy (non-hydrogen) atoms. The minimum absolute atomic E-state index is 0.0986. The van der Waals surface area contributed by atoms with Crippen LogP contribution in [-0.2, 0) is 11.3 Å². The van der Waals surface area contributed by atoms with Gasteiger partial charge in [-0.1, -0.05) is 38.1 Å². The summed E-state index contributed by atoms with van der Waals surface area (Å²) in [5.74, 6) is 1.00. The average molecular weight is 323 g/mol. The van der Waals surface area contributed by atoms with Crippen LogP contribution < -0.4 is 9.64 Å². The first-order chi connectivity index (χ1) is 11.5. The first-order valence-corrected chi connectivity index (χ1v) is 8.15. The van der Waals surface area contributed by atoms with E-state index in [4.69, 9.17) is 4.74 Å². The highest BCUT2D eigenvalue weighted by Gasteiger charge is 2.31. The van der Waals surface area contributed by atoms with Gasteiger partial charge in [-0.05, 0) is 42.2 Å². The third-order valence-electron chi connectivity index (χ3n) is 4.31. The van der Waals surface area contributed by atoms with Crippen molar-refractivity contribution in [1.82, 2.24) is 0 Å². The summed E-state index contributed by atoms with van der Waals surface area (Å²) < 4.78 is 5.65. The van der Waals surface area contributed by atoms with Crippen LogP contribution in [-0.4, -0.2) is 18.3 Å². The predicted octanol–water partition coefficient (Wildman–Crippen LogP) is 3.94. The van der Waals surface area contributed by atoms with Gasteiger partial charge in [0.25, 0.3) is 5.91 Å². The predicted molar refractivity (Wildman–Crippen MR) is 93.6 cm³/mol. The summed E-state index contributed by atoms with van der Waals surface area (Å²) in [6.07, 6.45) is 0.243. The van der Waals surface area contributed by atoms with Gasteiger partial charge >= 0.3 is 0 Å². The molecule has 0 saturated heterocycles. The summed E-state index contributed by atoms with van der Waals surface area (Å²) in [4.78, 5) is 25.3. The van der Waals surface area contributed by atoms with Crippen LogP contribution in [0.3, 0.4) is 0 Å². The molecule has 0 N–H and O–H groups in total. The van der Waals surface area contributed by atoms with Crippen molar-refractivity contribution in [1.29, 1.82) is 0 Å². The molecule has 1 heterocycles. The van der Waals surface area contributed by atoms with Gasteiger partial charge in [-0.3, -0.25) is 9.59 Å². The van der Waals surface area contributed by atoms with Crippen molar-refractivity contribution < 1.29 is 14.3 Å². The number of hydrogen-bond donors (Lipinski definition) is 0. The lowest BCUT2D eigenvalue weighted by Gasteiger charge is -2.33. The summed E-state index contributed by atoms with van der Waals surface area (Å²) >= 11 is 0. The highest BCUT2D eigenvalue weighted by Crippen LogP contribution is 2.35. The quantitative estimate of drug-likeness (QED) is 0.801. The lowest BCUT2D eigenvalue weighted by atomic mass is 10.0. The molecule has 1 unspecified atom stereocenters. The SMILES string of the molecule is CC1Oc2ccc(C=O)cc2N(Cc2ccc(C(C)C)cc2)C1=O. The van der Waals surface area contributed by atoms with E-state index in [1.807, 2.05) is 12.1 Å². The number of fused-ring (bicyclic) bond motifs is 1. The molecule has 2 aromatic rings. The van der Waals surface area contributed by atoms with Crippen molar-refractivity contribution >= 4 is 17.9 Å². The molecule has 4 heteroatoms. The maximum atomic E-state index is 12.6. The van der Waals surface area contributed by atoms with Crippen molar-refractivity contribution in [3.63, 3.8) is 0 Å². The molecule has 0 aliphatic carbocycles. The zero-order chi connectivity index (χ0) is 17.3. The van der Waals surface area contributed by atoms with Gasteiger partial charge in [-0.25, -0.2) is 0 Å². The van der Waals surface area contributed by atoms with Crippen LogP contribution >= 0.6 is 0 Å². The number of rotatable bonds is 4. The summed E-state index contributed by atoms with van der Waals surface area (Å²) in [6.45, 7) is 6.51. The Hall–Kier alpha value is -2.62. The number of hydrogen-bond acceptors (Lipinski definition) is 3. The van der Waals surface area contributed by atoms with Gasteiger partial charge in [0.1, 0.15) is 12.0 Å². The fourth-order valence-electron chi connectivity index (χ4n) is 2.85. The Kier molecular flexibility index (Phi) is 4.38. The number of benzene rings is 2. The zero-order valence-electron chi connectivity index (χ0n) is 14.2. The normalized spacial score (nSPS) is 16.8. The molecule has 0 bridgehead atoms. The van der Waals surface area contributed by atoms with Gasteiger partial charge in [0, 0.05) is 5.56 Å². The molecule has 1 aliphatic rings. The van der Waals surface area contributed by atoms with E-state index in [1.54, 1.807) is 30.0 Å². The summed E-state index contributed by atoms with van der Waals surface area (Å²) in [5.41, 5.74) is 3.49. The lowest BCUT2D eigenvalue weighted by Crippen LogP contribution is -2.44. The van der Waals surface area contributed by atoms with E-state index in [2.05, 4.69) is 26.0 Å². The Morgan fingerprint density at radius 3 is 2.50 bits per heavy atom. The second-order valence-electron chi connectivity index (χ2n) is 6.43. The number of amides is 1. The monoisotopic (exact) mass is 323 g/mol. The van der Waals surface area contributed by atoms with E-state index < -0.39 is 6.10 Å². The average Bonchev–Trinajstić information content (AvgIpc) is 2.59. The van der Waals surface area contributed by atoms with E-state index >= 15 is 0 Å². The second kappa shape index (κ2) is 6.48. The van der Waals surface area contributed by atoms with Crippen molar-refractivity contribution in [3.8, 4) is 5.75 Å². The van der Waals surface area contributed by atoms with E-state index in [1.165, 1.54) is 5.56 Å². The third-order valence-corrected chi connectivity index (χ3v) is 4.31. The smallest absolute Gasteiger partial charge is 0.268 e. The van der Waals surface area contributed by atoms with Gasteiger partial charge in [0.05, 0.1) is 12.2 Å². The van der Waals surface area contributed by atoms with E-state index in [-0.39, 0.29) is 5.91 Å². The molecule has 0 spiro atoms. The molecule has 2 aromatic carbocycles. The second-order valence-corrected chi connectivity index (χ2v) is 6.43. The van der Waals surface area contributed by atoms with Gasteiger partial charge in [0.15, 0.2) is 6.10 Å². The molecule has 1 aliphatic heterocycles. The van der Waals surface area contributed by atoms with E-state index in [0.29, 0.717) is 29.5 Å². The maximum absolute atomic E-state index is 12.6. The zero-order valence-corrected chi connectivity index (χ0v) is 14.2. The Balaban J connectivity index is 1.94. The van der Waals surface area contributed by atoms with Crippen LogP contribution in [0.15, 0.2) is 42.5 Å². The van der Waals surface area contributed by atoms with Gasteiger partial charge in [-0.2, -0.15) is 0 Å². The van der Waals surface area contributed by atoms with Crippen LogP contribution in [0.1, 0.15) is 48.2 Å². The molecule has 124 valence electrons. The summed E-state index contributed by atoms with van der Waals surface area (Å²) in [6, 6.07) is 13.4.